The Labute approximate surface area is 132 Å². The van der Waals surface area contributed by atoms with Crippen molar-refractivity contribution in [3.05, 3.63) is 55.3 Å². The first-order valence-electron chi connectivity index (χ1n) is 5.54. The van der Waals surface area contributed by atoms with E-state index in [1.807, 2.05) is 12.1 Å². The molecule has 1 N–H and O–H groups in total. The summed E-state index contributed by atoms with van der Waals surface area (Å²) >= 11 is 10.5. The predicted molar refractivity (Wildman–Crippen MR) is 83.8 cm³/mol. The third-order valence-electron chi connectivity index (χ3n) is 2.53. The molecule has 0 spiro atoms. The highest BCUT2D eigenvalue weighted by Gasteiger charge is 2.19. The van der Waals surface area contributed by atoms with Crippen molar-refractivity contribution in [3.63, 3.8) is 0 Å². The zero-order valence-electron chi connectivity index (χ0n) is 9.71. The molecule has 1 aromatic heterocycles. The lowest BCUT2D eigenvalue weighted by Crippen LogP contribution is -2.21. The molecule has 1 unspecified atom stereocenters. The van der Waals surface area contributed by atoms with Gasteiger partial charge in [-0.15, -0.1) is 0 Å². The Balaban J connectivity index is 2.44. The molecule has 0 aliphatic carbocycles. The van der Waals surface area contributed by atoms with Gasteiger partial charge in [0.25, 0.3) is 0 Å². The molecule has 1 heterocycles. The number of rotatable bonds is 4. The molecular formula is C13H12Br3NO. The number of furan rings is 1. The van der Waals surface area contributed by atoms with Gasteiger partial charge in [-0.1, -0.05) is 38.8 Å². The third-order valence-corrected chi connectivity index (χ3v) is 4.10. The second-order valence-electron chi connectivity index (χ2n) is 3.83. The lowest BCUT2D eigenvalue weighted by molar-refractivity contribution is 0.449. The maximum absolute atomic E-state index is 5.57. The molecule has 2 nitrogen and oxygen atoms in total. The zero-order chi connectivity index (χ0) is 13.1. The maximum Gasteiger partial charge on any atom is 0.139 e. The number of benzene rings is 1. The fraction of sp³-hybridized carbons (Fsp3) is 0.231. The van der Waals surface area contributed by atoms with Crippen LogP contribution in [0.25, 0.3) is 0 Å². The van der Waals surface area contributed by atoms with E-state index in [-0.39, 0.29) is 6.04 Å². The molecule has 2 aromatic rings. The molecule has 0 aliphatic rings. The van der Waals surface area contributed by atoms with Gasteiger partial charge in [-0.2, -0.15) is 0 Å². The van der Waals surface area contributed by atoms with Crippen LogP contribution in [0.15, 0.2) is 48.4 Å². The Bertz CT molecular complexity index is 519. The minimum Gasteiger partial charge on any atom is -0.466 e. The minimum absolute atomic E-state index is 0.0353. The van der Waals surface area contributed by atoms with Gasteiger partial charge in [-0.3, -0.25) is 0 Å². The van der Waals surface area contributed by atoms with E-state index in [4.69, 9.17) is 4.42 Å². The quantitative estimate of drug-likeness (QED) is 0.705. The molecule has 2 rings (SSSR count). The van der Waals surface area contributed by atoms with Crippen molar-refractivity contribution in [1.82, 2.24) is 5.32 Å². The van der Waals surface area contributed by atoms with Crippen LogP contribution in [0.1, 0.15) is 24.3 Å². The van der Waals surface area contributed by atoms with Gasteiger partial charge in [0.2, 0.25) is 0 Å². The van der Waals surface area contributed by atoms with Crippen molar-refractivity contribution in [2.45, 2.75) is 13.0 Å². The first kappa shape index (κ1) is 14.3. The summed E-state index contributed by atoms with van der Waals surface area (Å²) in [5, 5.41) is 3.43. The van der Waals surface area contributed by atoms with Gasteiger partial charge < -0.3 is 9.73 Å². The van der Waals surface area contributed by atoms with Crippen LogP contribution in [0.5, 0.6) is 0 Å². The van der Waals surface area contributed by atoms with Crippen LogP contribution in [0.4, 0.5) is 0 Å². The molecule has 0 aliphatic heterocycles. The molecule has 0 radical (unpaired) electrons. The van der Waals surface area contributed by atoms with E-state index in [0.717, 1.165) is 31.3 Å². The highest BCUT2D eigenvalue weighted by atomic mass is 79.9. The smallest absolute Gasteiger partial charge is 0.139 e. The van der Waals surface area contributed by atoms with E-state index in [1.165, 1.54) is 0 Å². The van der Waals surface area contributed by atoms with Gasteiger partial charge in [0.05, 0.1) is 16.8 Å². The van der Waals surface area contributed by atoms with Crippen LogP contribution in [-0.4, -0.2) is 6.54 Å². The molecule has 0 bridgehead atoms. The largest absolute Gasteiger partial charge is 0.466 e. The van der Waals surface area contributed by atoms with Crippen LogP contribution < -0.4 is 5.32 Å². The minimum atomic E-state index is 0.0353. The summed E-state index contributed by atoms with van der Waals surface area (Å²) < 4.78 is 8.63. The SMILES string of the molecule is CCNC(c1cc(Br)cc(Br)c1)c1occc1Br. The molecule has 1 atom stereocenters. The summed E-state index contributed by atoms with van der Waals surface area (Å²) in [6.45, 7) is 2.94. The van der Waals surface area contributed by atoms with E-state index in [1.54, 1.807) is 6.26 Å². The summed E-state index contributed by atoms with van der Waals surface area (Å²) in [7, 11) is 0. The average Bonchev–Trinajstić information content (AvgIpc) is 2.71. The lowest BCUT2D eigenvalue weighted by atomic mass is 10.0. The topological polar surface area (TPSA) is 25.2 Å². The molecule has 96 valence electrons. The maximum atomic E-state index is 5.57. The predicted octanol–water partition coefficient (Wildman–Crippen LogP) is 5.27. The van der Waals surface area contributed by atoms with Crippen LogP contribution in [0, 0.1) is 0 Å². The van der Waals surface area contributed by atoms with Crippen LogP contribution >= 0.6 is 47.8 Å². The monoisotopic (exact) mass is 435 g/mol. The summed E-state index contributed by atoms with van der Waals surface area (Å²) in [4.78, 5) is 0. The van der Waals surface area contributed by atoms with Gasteiger partial charge >= 0.3 is 0 Å². The van der Waals surface area contributed by atoms with Gasteiger partial charge in [-0.25, -0.2) is 0 Å². The van der Waals surface area contributed by atoms with Crippen molar-refractivity contribution in [1.29, 1.82) is 0 Å². The Morgan fingerprint density at radius 3 is 2.33 bits per heavy atom. The Morgan fingerprint density at radius 2 is 1.83 bits per heavy atom. The first-order chi connectivity index (χ1) is 8.61. The van der Waals surface area contributed by atoms with Crippen LogP contribution in [-0.2, 0) is 0 Å². The molecule has 0 amide bonds. The molecule has 0 saturated heterocycles. The van der Waals surface area contributed by atoms with Gasteiger partial charge in [0.15, 0.2) is 0 Å². The number of hydrogen-bond donors (Lipinski definition) is 1. The van der Waals surface area contributed by atoms with Gasteiger partial charge in [-0.05, 0) is 52.3 Å². The summed E-state index contributed by atoms with van der Waals surface area (Å²) in [6, 6.07) is 8.14. The third kappa shape index (κ3) is 3.26. The molecule has 1 aromatic carbocycles. The highest BCUT2D eigenvalue weighted by molar-refractivity contribution is 9.11. The lowest BCUT2D eigenvalue weighted by Gasteiger charge is -2.17. The van der Waals surface area contributed by atoms with Crippen LogP contribution in [0.2, 0.25) is 0 Å². The second kappa shape index (κ2) is 6.37. The average molecular weight is 438 g/mol. The van der Waals surface area contributed by atoms with Gasteiger partial charge in [0, 0.05) is 8.95 Å². The molecular weight excluding hydrogens is 426 g/mol. The van der Waals surface area contributed by atoms with Crippen molar-refractivity contribution in [3.8, 4) is 0 Å². The number of hydrogen-bond acceptors (Lipinski definition) is 2. The van der Waals surface area contributed by atoms with Crippen molar-refractivity contribution in [2.75, 3.05) is 6.54 Å². The first-order valence-corrected chi connectivity index (χ1v) is 7.92. The zero-order valence-corrected chi connectivity index (χ0v) is 14.5. The summed E-state index contributed by atoms with van der Waals surface area (Å²) in [6.07, 6.45) is 1.69. The van der Waals surface area contributed by atoms with E-state index in [2.05, 4.69) is 72.2 Å². The van der Waals surface area contributed by atoms with E-state index < -0.39 is 0 Å². The van der Waals surface area contributed by atoms with E-state index in [0.29, 0.717) is 0 Å². The highest BCUT2D eigenvalue weighted by Crippen LogP contribution is 2.32. The Kier molecular flexibility index (Phi) is 5.06. The molecule has 0 fully saturated rings. The number of halogens is 3. The summed E-state index contributed by atoms with van der Waals surface area (Å²) in [5.41, 5.74) is 1.15. The Hall–Kier alpha value is -0.100. The second-order valence-corrected chi connectivity index (χ2v) is 6.51. The molecule has 18 heavy (non-hydrogen) atoms. The fourth-order valence-corrected chi connectivity index (χ4v) is 3.58. The molecule has 5 heteroatoms. The standard InChI is InChI=1S/C13H12Br3NO/c1-2-17-12(13-11(16)3-4-18-13)8-5-9(14)7-10(15)6-8/h3-7,12,17H,2H2,1H3. The fourth-order valence-electron chi connectivity index (χ4n) is 1.82. The van der Waals surface area contributed by atoms with Gasteiger partial charge in [0.1, 0.15) is 5.76 Å². The van der Waals surface area contributed by atoms with Crippen LogP contribution in [0.3, 0.4) is 0 Å². The van der Waals surface area contributed by atoms with E-state index >= 15 is 0 Å². The normalized spacial score (nSPS) is 12.7. The van der Waals surface area contributed by atoms with E-state index in [9.17, 15) is 0 Å². The molecule has 0 saturated carbocycles. The van der Waals surface area contributed by atoms with Crippen molar-refractivity contribution in [2.24, 2.45) is 0 Å². The number of nitrogens with one attached hydrogen (secondary N) is 1. The van der Waals surface area contributed by atoms with Crippen molar-refractivity contribution < 1.29 is 4.42 Å². The Morgan fingerprint density at radius 1 is 1.17 bits per heavy atom. The van der Waals surface area contributed by atoms with Crippen molar-refractivity contribution >= 4 is 47.8 Å². The summed E-state index contributed by atoms with van der Waals surface area (Å²) in [5.74, 6) is 0.891.